The maximum absolute atomic E-state index is 4.81. The van der Waals surface area contributed by atoms with E-state index in [4.69, 9.17) is 4.99 Å². The first-order valence-corrected chi connectivity index (χ1v) is 12.0. The first kappa shape index (κ1) is 21.1. The van der Waals surface area contributed by atoms with Crippen LogP contribution in [0.1, 0.15) is 43.9 Å². The van der Waals surface area contributed by atoms with E-state index < -0.39 is 0 Å². The summed E-state index contributed by atoms with van der Waals surface area (Å²) < 4.78 is 0. The Balaban J connectivity index is 1.35. The van der Waals surface area contributed by atoms with Gasteiger partial charge < -0.3 is 15.5 Å². The number of guanidine groups is 1. The van der Waals surface area contributed by atoms with E-state index in [9.17, 15) is 0 Å². The van der Waals surface area contributed by atoms with Crippen LogP contribution in [0.4, 0.5) is 5.13 Å². The monoisotopic (exact) mass is 426 g/mol. The molecule has 2 aliphatic heterocycles. The van der Waals surface area contributed by atoms with Crippen LogP contribution in [0, 0.1) is 0 Å². The third-order valence-electron chi connectivity index (χ3n) is 6.10. The summed E-state index contributed by atoms with van der Waals surface area (Å²) in [5.41, 5.74) is 2.45. The molecule has 0 spiro atoms. The molecule has 2 saturated heterocycles. The topological polar surface area (TPSA) is 55.8 Å². The predicted molar refractivity (Wildman–Crippen MR) is 126 cm³/mol. The Hall–Kier alpha value is -2.12. The number of piperidine rings is 1. The van der Waals surface area contributed by atoms with Crippen LogP contribution in [0.3, 0.4) is 0 Å². The van der Waals surface area contributed by atoms with E-state index in [-0.39, 0.29) is 0 Å². The van der Waals surface area contributed by atoms with Crippen molar-refractivity contribution >= 4 is 22.4 Å². The molecule has 0 radical (unpaired) electrons. The summed E-state index contributed by atoms with van der Waals surface area (Å²) in [5, 5.41) is 10.3. The molecule has 0 saturated carbocycles. The Labute approximate surface area is 184 Å². The number of nitrogens with one attached hydrogen (secondary N) is 2. The number of fused-ring (bicyclic) bond motifs is 2. The van der Waals surface area contributed by atoms with Gasteiger partial charge in [-0.25, -0.2) is 9.98 Å². The zero-order valence-electron chi connectivity index (χ0n) is 18.3. The first-order chi connectivity index (χ1) is 14.6. The number of nitrogens with zero attached hydrogens (tertiary/aromatic N) is 4. The molecule has 2 bridgehead atoms. The number of thiazole rings is 1. The standard InChI is InChI=1S/C23H34N6S/c1-4-24-22(25-14-19-16-30-23(27-19)28(2)3)26-18-12-20-10-11-21(13-18)29(20)15-17-8-6-5-7-9-17/h5-9,16,18,20-21H,4,10-15H2,1-3H3,(H2,24,25,26). The fourth-order valence-corrected chi connectivity index (χ4v) is 5.44. The van der Waals surface area contributed by atoms with E-state index in [1.165, 1.54) is 31.2 Å². The van der Waals surface area contributed by atoms with Gasteiger partial charge in [0.25, 0.3) is 0 Å². The van der Waals surface area contributed by atoms with Crippen molar-refractivity contribution < 1.29 is 0 Å². The van der Waals surface area contributed by atoms with Gasteiger partial charge >= 0.3 is 0 Å². The second-order valence-electron chi connectivity index (χ2n) is 8.57. The highest BCUT2D eigenvalue weighted by Crippen LogP contribution is 2.36. The number of hydrogen-bond acceptors (Lipinski definition) is 5. The van der Waals surface area contributed by atoms with E-state index in [1.54, 1.807) is 11.3 Å². The van der Waals surface area contributed by atoms with E-state index in [1.807, 2.05) is 19.0 Å². The highest BCUT2D eigenvalue weighted by molar-refractivity contribution is 7.13. The Kier molecular flexibility index (Phi) is 6.89. The van der Waals surface area contributed by atoms with Crippen molar-refractivity contribution in [2.75, 3.05) is 25.5 Å². The fraction of sp³-hybridized carbons (Fsp3) is 0.565. The summed E-state index contributed by atoms with van der Waals surface area (Å²) >= 11 is 1.67. The molecule has 1 aromatic heterocycles. The fourth-order valence-electron chi connectivity index (χ4n) is 4.69. The number of rotatable bonds is 7. The van der Waals surface area contributed by atoms with Gasteiger partial charge in [0, 0.05) is 50.7 Å². The van der Waals surface area contributed by atoms with Crippen molar-refractivity contribution in [2.24, 2.45) is 4.99 Å². The highest BCUT2D eigenvalue weighted by atomic mass is 32.1. The molecular weight excluding hydrogens is 392 g/mol. The van der Waals surface area contributed by atoms with Crippen molar-refractivity contribution in [1.29, 1.82) is 0 Å². The molecular formula is C23H34N6S. The third kappa shape index (κ3) is 5.13. The first-order valence-electron chi connectivity index (χ1n) is 11.1. The number of benzene rings is 1. The van der Waals surface area contributed by atoms with Gasteiger partial charge in [0.2, 0.25) is 0 Å². The van der Waals surface area contributed by atoms with Gasteiger partial charge in [0.15, 0.2) is 11.1 Å². The highest BCUT2D eigenvalue weighted by Gasteiger charge is 2.40. The lowest BCUT2D eigenvalue weighted by molar-refractivity contribution is 0.114. The van der Waals surface area contributed by atoms with E-state index >= 15 is 0 Å². The summed E-state index contributed by atoms with van der Waals surface area (Å²) in [6, 6.07) is 12.7. The Morgan fingerprint density at radius 1 is 1.20 bits per heavy atom. The lowest BCUT2D eigenvalue weighted by Crippen LogP contribution is -2.52. The molecule has 2 N–H and O–H groups in total. The summed E-state index contributed by atoms with van der Waals surface area (Å²) in [5.74, 6) is 0.915. The van der Waals surface area contributed by atoms with Crippen molar-refractivity contribution in [3.05, 3.63) is 47.0 Å². The maximum Gasteiger partial charge on any atom is 0.191 e. The average Bonchev–Trinajstić information content (AvgIpc) is 3.30. The molecule has 2 aromatic rings. The second-order valence-corrected chi connectivity index (χ2v) is 9.40. The van der Waals surface area contributed by atoms with Crippen LogP contribution in [0.5, 0.6) is 0 Å². The van der Waals surface area contributed by atoms with Gasteiger partial charge in [-0.05, 0) is 38.2 Å². The van der Waals surface area contributed by atoms with Gasteiger partial charge in [-0.1, -0.05) is 30.3 Å². The van der Waals surface area contributed by atoms with Gasteiger partial charge in [0.1, 0.15) is 0 Å². The molecule has 6 nitrogen and oxygen atoms in total. The molecule has 4 rings (SSSR count). The quantitative estimate of drug-likeness (QED) is 0.525. The lowest BCUT2D eigenvalue weighted by Gasteiger charge is -2.39. The van der Waals surface area contributed by atoms with Crippen LogP contribution in [0.15, 0.2) is 40.7 Å². The second kappa shape index (κ2) is 9.79. The van der Waals surface area contributed by atoms with Gasteiger partial charge in [-0.3, -0.25) is 4.90 Å². The van der Waals surface area contributed by atoms with E-state index in [0.717, 1.165) is 29.9 Å². The molecule has 0 amide bonds. The van der Waals surface area contributed by atoms with Crippen LogP contribution < -0.4 is 15.5 Å². The number of aliphatic imine (C=N–C) groups is 1. The minimum atomic E-state index is 0.486. The lowest BCUT2D eigenvalue weighted by atomic mass is 9.96. The number of anilines is 1. The molecule has 7 heteroatoms. The Morgan fingerprint density at radius 3 is 2.57 bits per heavy atom. The molecule has 3 heterocycles. The minimum absolute atomic E-state index is 0.486. The largest absolute Gasteiger partial charge is 0.357 e. The molecule has 2 aliphatic rings. The van der Waals surface area contributed by atoms with Crippen molar-refractivity contribution in [3.8, 4) is 0 Å². The molecule has 162 valence electrons. The Morgan fingerprint density at radius 2 is 1.93 bits per heavy atom. The van der Waals surface area contributed by atoms with Gasteiger partial charge in [-0.2, -0.15) is 0 Å². The third-order valence-corrected chi connectivity index (χ3v) is 7.16. The Bertz CT molecular complexity index is 819. The molecule has 2 fully saturated rings. The number of hydrogen-bond donors (Lipinski definition) is 2. The zero-order chi connectivity index (χ0) is 20.9. The molecule has 1 aromatic carbocycles. The summed E-state index contributed by atoms with van der Waals surface area (Å²) in [6.07, 6.45) is 5.01. The molecule has 30 heavy (non-hydrogen) atoms. The normalized spacial score (nSPS) is 24.1. The van der Waals surface area contributed by atoms with Crippen LogP contribution in [-0.4, -0.2) is 54.6 Å². The van der Waals surface area contributed by atoms with Crippen molar-refractivity contribution in [2.45, 2.75) is 63.8 Å². The van der Waals surface area contributed by atoms with E-state index in [0.29, 0.717) is 24.7 Å². The summed E-state index contributed by atoms with van der Waals surface area (Å²) in [7, 11) is 4.05. The molecule has 0 aliphatic carbocycles. The predicted octanol–water partition coefficient (Wildman–Crippen LogP) is 3.46. The van der Waals surface area contributed by atoms with Crippen LogP contribution in [0.2, 0.25) is 0 Å². The average molecular weight is 427 g/mol. The molecule has 2 unspecified atom stereocenters. The van der Waals surface area contributed by atoms with Crippen LogP contribution in [-0.2, 0) is 13.1 Å². The summed E-state index contributed by atoms with van der Waals surface area (Å²) in [4.78, 5) is 14.2. The maximum atomic E-state index is 4.81. The van der Waals surface area contributed by atoms with Crippen LogP contribution in [0.25, 0.3) is 0 Å². The van der Waals surface area contributed by atoms with Crippen LogP contribution >= 0.6 is 11.3 Å². The minimum Gasteiger partial charge on any atom is -0.357 e. The van der Waals surface area contributed by atoms with Gasteiger partial charge in [0.05, 0.1) is 12.2 Å². The smallest absolute Gasteiger partial charge is 0.191 e. The van der Waals surface area contributed by atoms with Crippen molar-refractivity contribution in [1.82, 2.24) is 20.5 Å². The SMILES string of the molecule is CCNC(=NCc1csc(N(C)C)n1)NC1CC2CCC(C1)N2Cc1ccccc1. The van der Waals surface area contributed by atoms with Gasteiger partial charge in [-0.15, -0.1) is 11.3 Å². The number of aromatic nitrogens is 1. The zero-order valence-corrected chi connectivity index (χ0v) is 19.2. The molecule has 2 atom stereocenters. The summed E-state index contributed by atoms with van der Waals surface area (Å²) in [6.45, 7) is 4.68. The van der Waals surface area contributed by atoms with E-state index in [2.05, 4.69) is 63.2 Å². The van der Waals surface area contributed by atoms with Crippen molar-refractivity contribution in [3.63, 3.8) is 0 Å².